The summed E-state index contributed by atoms with van der Waals surface area (Å²) in [7, 11) is 1.61. The van der Waals surface area contributed by atoms with Crippen LogP contribution >= 0.6 is 0 Å². The van der Waals surface area contributed by atoms with Crippen LogP contribution in [0.5, 0.6) is 0 Å². The number of benzene rings is 1. The van der Waals surface area contributed by atoms with Gasteiger partial charge in [0.15, 0.2) is 0 Å². The molecule has 0 fully saturated rings. The Balaban J connectivity index is 2.13. The van der Waals surface area contributed by atoms with E-state index in [-0.39, 0.29) is 0 Å². The van der Waals surface area contributed by atoms with E-state index in [1.54, 1.807) is 7.11 Å². The van der Waals surface area contributed by atoms with Gasteiger partial charge in [0.05, 0.1) is 19.8 Å². The summed E-state index contributed by atoms with van der Waals surface area (Å²) in [5.74, 6) is -1.11. The molecular formula is C12H17F2NO2. The van der Waals surface area contributed by atoms with Gasteiger partial charge in [0.1, 0.15) is 11.6 Å². The fraction of sp³-hybridized carbons (Fsp3) is 0.500. The molecule has 0 atom stereocenters. The second kappa shape index (κ2) is 8.11. The molecule has 1 rings (SSSR count). The van der Waals surface area contributed by atoms with E-state index < -0.39 is 11.6 Å². The average molecular weight is 245 g/mol. The molecule has 3 nitrogen and oxygen atoms in total. The molecule has 0 aliphatic rings. The Morgan fingerprint density at radius 1 is 1.06 bits per heavy atom. The highest BCUT2D eigenvalue weighted by atomic mass is 19.1. The fourth-order valence-corrected chi connectivity index (χ4v) is 1.33. The first-order chi connectivity index (χ1) is 8.22. The fourth-order valence-electron chi connectivity index (χ4n) is 1.33. The van der Waals surface area contributed by atoms with Gasteiger partial charge in [0.2, 0.25) is 0 Å². The van der Waals surface area contributed by atoms with Crippen molar-refractivity contribution in [2.45, 2.75) is 6.54 Å². The molecule has 0 bridgehead atoms. The number of hydrogen-bond donors (Lipinski definition) is 1. The van der Waals surface area contributed by atoms with Crippen molar-refractivity contribution in [2.75, 3.05) is 33.5 Å². The Hall–Kier alpha value is -1.04. The van der Waals surface area contributed by atoms with Gasteiger partial charge < -0.3 is 14.8 Å². The minimum absolute atomic E-state index is 0.419. The molecule has 0 unspecified atom stereocenters. The van der Waals surface area contributed by atoms with Crippen molar-refractivity contribution in [3.8, 4) is 0 Å². The van der Waals surface area contributed by atoms with E-state index in [0.717, 1.165) is 6.07 Å². The summed E-state index contributed by atoms with van der Waals surface area (Å²) in [5, 5.41) is 3.03. The summed E-state index contributed by atoms with van der Waals surface area (Å²) >= 11 is 0. The first-order valence-corrected chi connectivity index (χ1v) is 5.44. The van der Waals surface area contributed by atoms with Crippen LogP contribution in [0.15, 0.2) is 18.2 Å². The van der Waals surface area contributed by atoms with E-state index in [1.807, 2.05) is 0 Å². The lowest BCUT2D eigenvalue weighted by atomic mass is 10.2. The van der Waals surface area contributed by atoms with E-state index >= 15 is 0 Å². The number of halogens is 2. The molecule has 0 saturated carbocycles. The lowest BCUT2D eigenvalue weighted by Gasteiger charge is -2.06. The third-order valence-electron chi connectivity index (χ3n) is 2.11. The molecule has 1 N–H and O–H groups in total. The van der Waals surface area contributed by atoms with Crippen LogP contribution in [0.4, 0.5) is 8.78 Å². The zero-order valence-corrected chi connectivity index (χ0v) is 9.84. The summed E-state index contributed by atoms with van der Waals surface area (Å²) < 4.78 is 35.7. The van der Waals surface area contributed by atoms with Gasteiger partial charge in [-0.2, -0.15) is 0 Å². The van der Waals surface area contributed by atoms with Gasteiger partial charge in [-0.3, -0.25) is 0 Å². The van der Waals surface area contributed by atoms with Crippen molar-refractivity contribution in [2.24, 2.45) is 0 Å². The highest BCUT2D eigenvalue weighted by Gasteiger charge is 1.99. The lowest BCUT2D eigenvalue weighted by molar-refractivity contribution is 0.0719. The molecule has 1 aromatic rings. The van der Waals surface area contributed by atoms with E-state index in [0.29, 0.717) is 38.5 Å². The number of hydrogen-bond acceptors (Lipinski definition) is 3. The zero-order chi connectivity index (χ0) is 12.5. The summed E-state index contributed by atoms with van der Waals surface area (Å²) in [5.41, 5.74) is 0.583. The standard InChI is InChI=1S/C12H17F2NO2/c1-16-4-5-17-3-2-15-9-10-6-11(13)8-12(14)7-10/h6-8,15H,2-5,9H2,1H3. The van der Waals surface area contributed by atoms with Crippen molar-refractivity contribution < 1.29 is 18.3 Å². The van der Waals surface area contributed by atoms with Crippen LogP contribution in [-0.4, -0.2) is 33.5 Å². The normalized spacial score (nSPS) is 10.8. The quantitative estimate of drug-likeness (QED) is 0.707. The summed E-state index contributed by atoms with van der Waals surface area (Å²) in [6.45, 7) is 2.70. The van der Waals surface area contributed by atoms with Gasteiger partial charge in [-0.05, 0) is 17.7 Å². The maximum atomic E-state index is 12.8. The Morgan fingerprint density at radius 2 is 1.76 bits per heavy atom. The Morgan fingerprint density at radius 3 is 2.41 bits per heavy atom. The summed E-state index contributed by atoms with van der Waals surface area (Å²) in [4.78, 5) is 0. The second-order valence-corrected chi connectivity index (χ2v) is 3.56. The minimum Gasteiger partial charge on any atom is -0.382 e. The molecule has 1 aromatic carbocycles. The predicted octanol–water partition coefficient (Wildman–Crippen LogP) is 1.72. The Kier molecular flexibility index (Phi) is 6.69. The molecule has 0 heterocycles. The molecule has 17 heavy (non-hydrogen) atoms. The number of nitrogens with one attached hydrogen (secondary N) is 1. The maximum Gasteiger partial charge on any atom is 0.126 e. The van der Waals surface area contributed by atoms with E-state index in [2.05, 4.69) is 5.32 Å². The molecule has 0 aliphatic carbocycles. The molecule has 96 valence electrons. The molecule has 0 radical (unpaired) electrons. The second-order valence-electron chi connectivity index (χ2n) is 3.56. The van der Waals surface area contributed by atoms with Crippen molar-refractivity contribution in [1.29, 1.82) is 0 Å². The Bertz CT molecular complexity index is 314. The summed E-state index contributed by atoms with van der Waals surface area (Å²) in [6.07, 6.45) is 0. The highest BCUT2D eigenvalue weighted by molar-refractivity contribution is 5.17. The van der Waals surface area contributed by atoms with Crippen LogP contribution in [0.25, 0.3) is 0 Å². The van der Waals surface area contributed by atoms with E-state index in [4.69, 9.17) is 9.47 Å². The van der Waals surface area contributed by atoms with Crippen LogP contribution < -0.4 is 5.32 Å². The molecule has 5 heteroatoms. The highest BCUT2D eigenvalue weighted by Crippen LogP contribution is 2.07. The molecule has 0 aromatic heterocycles. The van der Waals surface area contributed by atoms with Crippen LogP contribution in [0, 0.1) is 11.6 Å². The third-order valence-corrected chi connectivity index (χ3v) is 2.11. The molecule has 0 spiro atoms. The number of methoxy groups -OCH3 is 1. The SMILES string of the molecule is COCCOCCNCc1cc(F)cc(F)c1. The molecule has 0 saturated heterocycles. The number of rotatable bonds is 8. The summed E-state index contributed by atoms with van der Waals surface area (Å²) in [6, 6.07) is 3.47. The first kappa shape index (κ1) is 14.0. The largest absolute Gasteiger partial charge is 0.382 e. The van der Waals surface area contributed by atoms with Crippen molar-refractivity contribution >= 4 is 0 Å². The average Bonchev–Trinajstić information content (AvgIpc) is 2.26. The lowest BCUT2D eigenvalue weighted by Crippen LogP contribution is -2.20. The van der Waals surface area contributed by atoms with Crippen LogP contribution in [0.3, 0.4) is 0 Å². The Labute approximate surface area is 99.7 Å². The zero-order valence-electron chi connectivity index (χ0n) is 9.84. The predicted molar refractivity (Wildman–Crippen MR) is 60.8 cm³/mol. The minimum atomic E-state index is -0.557. The maximum absolute atomic E-state index is 12.8. The number of ether oxygens (including phenoxy) is 2. The topological polar surface area (TPSA) is 30.5 Å². The van der Waals surface area contributed by atoms with E-state index in [1.165, 1.54) is 12.1 Å². The van der Waals surface area contributed by atoms with Gasteiger partial charge in [0.25, 0.3) is 0 Å². The molecule has 0 aliphatic heterocycles. The van der Waals surface area contributed by atoms with Crippen molar-refractivity contribution in [3.05, 3.63) is 35.4 Å². The van der Waals surface area contributed by atoms with E-state index in [9.17, 15) is 8.78 Å². The van der Waals surface area contributed by atoms with Crippen LogP contribution in [0.1, 0.15) is 5.56 Å². The van der Waals surface area contributed by atoms with Gasteiger partial charge in [-0.1, -0.05) is 0 Å². The third kappa shape index (κ3) is 6.31. The first-order valence-electron chi connectivity index (χ1n) is 5.44. The van der Waals surface area contributed by atoms with Crippen LogP contribution in [0.2, 0.25) is 0 Å². The van der Waals surface area contributed by atoms with Crippen LogP contribution in [-0.2, 0) is 16.0 Å². The smallest absolute Gasteiger partial charge is 0.126 e. The monoisotopic (exact) mass is 245 g/mol. The van der Waals surface area contributed by atoms with Crippen molar-refractivity contribution in [1.82, 2.24) is 5.32 Å². The van der Waals surface area contributed by atoms with Gasteiger partial charge in [0, 0.05) is 26.3 Å². The van der Waals surface area contributed by atoms with Gasteiger partial charge >= 0.3 is 0 Å². The van der Waals surface area contributed by atoms with Gasteiger partial charge in [-0.15, -0.1) is 0 Å². The van der Waals surface area contributed by atoms with Gasteiger partial charge in [-0.25, -0.2) is 8.78 Å². The molecule has 0 amide bonds. The molecular weight excluding hydrogens is 228 g/mol. The van der Waals surface area contributed by atoms with Crippen molar-refractivity contribution in [3.63, 3.8) is 0 Å².